The number of rotatable bonds is 8. The lowest BCUT2D eigenvalue weighted by Crippen LogP contribution is -2.54. The topological polar surface area (TPSA) is 130 Å². The summed E-state index contributed by atoms with van der Waals surface area (Å²) >= 11 is 0. The predicted octanol–water partition coefficient (Wildman–Crippen LogP) is 6.36. The highest BCUT2D eigenvalue weighted by atomic mass is 16.5. The zero-order valence-electron chi connectivity index (χ0n) is 31.6. The molecule has 0 saturated carbocycles. The summed E-state index contributed by atoms with van der Waals surface area (Å²) in [5, 5.41) is 20.4. The Hall–Kier alpha value is -5.46. The van der Waals surface area contributed by atoms with Gasteiger partial charge in [0.15, 0.2) is 47.6 Å². The van der Waals surface area contributed by atoms with Gasteiger partial charge in [0.05, 0.1) is 61.2 Å². The fourth-order valence-electron chi connectivity index (χ4n) is 8.75. The Balaban J connectivity index is 1.52. The summed E-state index contributed by atoms with van der Waals surface area (Å²) in [5.41, 5.74) is 5.76. The summed E-state index contributed by atoms with van der Waals surface area (Å²) in [4.78, 5) is 24.8. The molecule has 0 saturated heterocycles. The van der Waals surface area contributed by atoms with Crippen molar-refractivity contribution in [2.75, 3.05) is 68.7 Å². The molecule has 8 rings (SSSR count). The molecular weight excluding hydrogens is 692 g/mol. The van der Waals surface area contributed by atoms with E-state index in [0.29, 0.717) is 89.3 Å². The number of likely N-dealkylation sites (N-methyl/N-ethyl adjacent to an activating group) is 2. The van der Waals surface area contributed by atoms with Crippen molar-refractivity contribution in [2.45, 2.75) is 37.8 Å². The molecule has 4 aromatic rings. The highest BCUT2D eigenvalue weighted by molar-refractivity contribution is 5.69. The Bertz CT molecular complexity index is 2100. The number of nitrogens with zero attached hydrogens (tertiary/aromatic N) is 2. The van der Waals surface area contributed by atoms with Gasteiger partial charge >= 0.3 is 11.9 Å². The summed E-state index contributed by atoms with van der Waals surface area (Å²) in [6.45, 7) is 1.02. The van der Waals surface area contributed by atoms with Crippen molar-refractivity contribution in [2.24, 2.45) is 0 Å². The van der Waals surface area contributed by atoms with Gasteiger partial charge in [-0.15, -0.1) is 0 Å². The molecule has 4 aromatic carbocycles. The predicted molar refractivity (Wildman–Crippen MR) is 200 cm³/mol. The number of quaternary nitrogens is 2. The van der Waals surface area contributed by atoms with E-state index in [1.807, 2.05) is 74.8 Å². The van der Waals surface area contributed by atoms with Crippen LogP contribution in [-0.4, -0.2) is 99.8 Å². The van der Waals surface area contributed by atoms with E-state index < -0.39 is 18.0 Å². The van der Waals surface area contributed by atoms with Gasteiger partial charge in [0, 0.05) is 31.2 Å². The molecule has 0 fully saturated rings. The van der Waals surface area contributed by atoms with Crippen LogP contribution in [0.25, 0.3) is 0 Å². The van der Waals surface area contributed by atoms with Gasteiger partial charge in [-0.05, 0) is 64.7 Å². The van der Waals surface area contributed by atoms with Crippen LogP contribution in [0.15, 0.2) is 60.7 Å². The first-order chi connectivity index (χ1) is 25.9. The van der Waals surface area contributed by atoms with Gasteiger partial charge in [-0.2, -0.15) is 0 Å². The molecule has 4 atom stereocenters. The second-order valence-electron chi connectivity index (χ2n) is 15.0. The van der Waals surface area contributed by atoms with E-state index in [-0.39, 0.29) is 23.6 Å². The van der Waals surface area contributed by atoms with Crippen molar-refractivity contribution in [3.05, 3.63) is 94.0 Å². The van der Waals surface area contributed by atoms with Gasteiger partial charge < -0.3 is 47.6 Å². The van der Waals surface area contributed by atoms with E-state index in [1.54, 1.807) is 28.4 Å². The van der Waals surface area contributed by atoms with Crippen LogP contribution >= 0.6 is 0 Å². The summed E-state index contributed by atoms with van der Waals surface area (Å²) in [5.74, 6) is 2.17. The van der Waals surface area contributed by atoms with Crippen LogP contribution in [0, 0.1) is 0 Å². The Kier molecular flexibility index (Phi) is 9.84. The first-order valence-electron chi connectivity index (χ1n) is 18.1. The number of ether oxygens (including phenoxy) is 6. The highest BCUT2D eigenvalue weighted by Crippen LogP contribution is 2.53. The molecule has 0 amide bonds. The van der Waals surface area contributed by atoms with E-state index in [4.69, 9.17) is 28.4 Å². The Labute approximate surface area is 315 Å². The van der Waals surface area contributed by atoms with Crippen molar-refractivity contribution >= 4 is 11.9 Å². The second-order valence-corrected chi connectivity index (χ2v) is 15.0. The Morgan fingerprint density at radius 1 is 0.667 bits per heavy atom. The number of hydrogen-bond acceptors (Lipinski definition) is 8. The van der Waals surface area contributed by atoms with Gasteiger partial charge in [0.2, 0.25) is 5.75 Å². The van der Waals surface area contributed by atoms with E-state index in [1.165, 1.54) is 0 Å². The van der Waals surface area contributed by atoms with Crippen LogP contribution in [0.2, 0.25) is 0 Å². The number of aliphatic carboxylic acids is 2. The van der Waals surface area contributed by atoms with Gasteiger partial charge in [0.25, 0.3) is 0 Å². The van der Waals surface area contributed by atoms with Crippen molar-refractivity contribution in [1.82, 2.24) is 0 Å². The Morgan fingerprint density at radius 2 is 1.24 bits per heavy atom. The van der Waals surface area contributed by atoms with Crippen LogP contribution in [0.1, 0.15) is 45.5 Å². The average molecular weight is 741 g/mol. The quantitative estimate of drug-likeness (QED) is 0.197. The van der Waals surface area contributed by atoms with Crippen molar-refractivity contribution < 1.29 is 57.2 Å². The molecule has 284 valence electrons. The Morgan fingerprint density at radius 3 is 1.87 bits per heavy atom. The third-order valence-electron chi connectivity index (χ3n) is 11.6. The average Bonchev–Trinajstić information content (AvgIpc) is 3.13. The molecule has 12 heteroatoms. The van der Waals surface area contributed by atoms with E-state index in [0.717, 1.165) is 33.4 Å². The first kappa shape index (κ1) is 36.9. The summed E-state index contributed by atoms with van der Waals surface area (Å²) in [6, 6.07) is 19.0. The van der Waals surface area contributed by atoms with Crippen molar-refractivity contribution in [1.29, 1.82) is 0 Å². The third kappa shape index (κ3) is 6.75. The SMILES string of the molecule is COc1ccc2cc1Oc1ccc(cc1)CC1c3cc(c(OC)cc3CC[N+]1(C)CC(=O)O)Oc1c(OC)c(OC)cc3c1C(C2)[N+](C)(CC(=O)O)CC3. The van der Waals surface area contributed by atoms with Crippen molar-refractivity contribution in [3.63, 3.8) is 0 Å². The third-order valence-corrected chi connectivity index (χ3v) is 11.6. The minimum atomic E-state index is -0.907. The summed E-state index contributed by atoms with van der Waals surface area (Å²) < 4.78 is 37.6. The van der Waals surface area contributed by atoms with Crippen LogP contribution in [0.5, 0.6) is 46.0 Å². The van der Waals surface area contributed by atoms with Gasteiger partial charge in [-0.1, -0.05) is 18.2 Å². The summed E-state index contributed by atoms with van der Waals surface area (Å²) in [6.07, 6.45) is 2.24. The van der Waals surface area contributed by atoms with E-state index in [9.17, 15) is 19.8 Å². The van der Waals surface area contributed by atoms with Crippen LogP contribution < -0.4 is 28.4 Å². The second kappa shape index (κ2) is 14.4. The molecule has 0 radical (unpaired) electrons. The maximum absolute atomic E-state index is 12.5. The zero-order valence-corrected chi connectivity index (χ0v) is 31.6. The van der Waals surface area contributed by atoms with Gasteiger partial charge in [0.1, 0.15) is 17.8 Å². The number of carbonyl (C=O) groups is 2. The number of methoxy groups -OCH3 is 4. The first-order valence-corrected chi connectivity index (χ1v) is 18.1. The van der Waals surface area contributed by atoms with Gasteiger partial charge in [-0.25, -0.2) is 9.59 Å². The number of hydrogen-bond donors (Lipinski definition) is 2. The summed E-state index contributed by atoms with van der Waals surface area (Å²) in [7, 11) is 10.3. The lowest BCUT2D eigenvalue weighted by molar-refractivity contribution is -0.934. The maximum atomic E-state index is 12.5. The van der Waals surface area contributed by atoms with Crippen LogP contribution in [0.4, 0.5) is 0 Å². The highest BCUT2D eigenvalue weighted by Gasteiger charge is 2.46. The minimum absolute atomic E-state index is 0.0529. The zero-order chi connectivity index (χ0) is 38.4. The largest absolute Gasteiger partial charge is 0.493 e. The molecule has 54 heavy (non-hydrogen) atoms. The smallest absolute Gasteiger partial charge is 0.359 e. The molecule has 4 heterocycles. The number of carboxylic acid groups (broad SMARTS) is 2. The maximum Gasteiger partial charge on any atom is 0.359 e. The normalized spacial score (nSPS) is 22.7. The van der Waals surface area contributed by atoms with E-state index in [2.05, 4.69) is 0 Å². The molecule has 0 aliphatic carbocycles. The molecular formula is C42H48N2O10+2. The lowest BCUT2D eigenvalue weighted by atomic mass is 9.85. The lowest BCUT2D eigenvalue weighted by Gasteiger charge is -2.45. The molecule has 2 N–H and O–H groups in total. The molecule has 12 nitrogen and oxygen atoms in total. The molecule has 4 aliphatic heterocycles. The molecule has 4 aliphatic rings. The van der Waals surface area contributed by atoms with Crippen LogP contribution in [-0.2, 0) is 35.3 Å². The minimum Gasteiger partial charge on any atom is -0.493 e. The molecule has 0 aromatic heterocycles. The standard InChI is InChI=1S/C42H46N2O10/c1-43(23-38(45)46)15-13-27-20-34(50-4)36-22-30(27)31(43)17-25-7-10-29(11-8-25)53-35-19-26(9-12-33(35)49-3)18-32-40-28(14-16-44(32,2)24-39(47)48)21-37(51-5)41(52-6)42(40)54-36/h7-12,19-22,31-32H,13-18,23-24H2,1-6H3/p+2. The number of fused-ring (bicyclic) bond motifs is 2. The number of carboxylic acids is 2. The fourth-order valence-corrected chi connectivity index (χ4v) is 8.75. The molecule has 6 bridgehead atoms. The molecule has 4 unspecified atom stereocenters. The van der Waals surface area contributed by atoms with Gasteiger partial charge in [-0.3, -0.25) is 0 Å². The van der Waals surface area contributed by atoms with E-state index >= 15 is 0 Å². The fraction of sp³-hybridized carbons (Fsp3) is 0.381. The number of benzene rings is 4. The van der Waals surface area contributed by atoms with Crippen LogP contribution in [0.3, 0.4) is 0 Å². The monoisotopic (exact) mass is 740 g/mol. The van der Waals surface area contributed by atoms with Crippen molar-refractivity contribution in [3.8, 4) is 46.0 Å². The molecule has 0 spiro atoms.